The Morgan fingerprint density at radius 3 is 2.44 bits per heavy atom. The van der Waals surface area contributed by atoms with Gasteiger partial charge in [0, 0.05) is 54.8 Å². The van der Waals surface area contributed by atoms with Crippen LogP contribution in [0.15, 0.2) is 6.07 Å². The Balaban J connectivity index is 1.22. The van der Waals surface area contributed by atoms with Gasteiger partial charge in [-0.05, 0) is 70.3 Å². The first-order chi connectivity index (χ1) is 17.0. The van der Waals surface area contributed by atoms with Gasteiger partial charge in [-0.1, -0.05) is 34.6 Å². The Morgan fingerprint density at radius 1 is 1.14 bits per heavy atom. The van der Waals surface area contributed by atoms with Crippen molar-refractivity contribution in [3.8, 4) is 0 Å². The van der Waals surface area contributed by atoms with Crippen LogP contribution in [0.5, 0.6) is 0 Å². The molecule has 4 rings (SSSR count). The number of nitrogens with zero attached hydrogens (tertiary/aromatic N) is 4. The summed E-state index contributed by atoms with van der Waals surface area (Å²) in [5.41, 5.74) is 1.07. The molecule has 1 amide bonds. The molecule has 2 N–H and O–H groups in total. The highest BCUT2D eigenvalue weighted by Gasteiger charge is 2.34. The summed E-state index contributed by atoms with van der Waals surface area (Å²) in [4.78, 5) is 27.5. The Labute approximate surface area is 218 Å². The third-order valence-corrected chi connectivity index (χ3v) is 8.50. The van der Waals surface area contributed by atoms with Crippen molar-refractivity contribution >= 4 is 11.7 Å². The second-order valence-corrected chi connectivity index (χ2v) is 13.1. The van der Waals surface area contributed by atoms with E-state index < -0.39 is 0 Å². The molecular formula is C29H49N5O2. The first kappa shape index (κ1) is 27.3. The van der Waals surface area contributed by atoms with Crippen LogP contribution in [0.25, 0.3) is 0 Å². The van der Waals surface area contributed by atoms with Gasteiger partial charge in [-0.3, -0.25) is 9.69 Å². The number of amides is 1. The van der Waals surface area contributed by atoms with Crippen molar-refractivity contribution in [1.82, 2.24) is 20.2 Å². The van der Waals surface area contributed by atoms with Crippen LogP contribution in [0.4, 0.5) is 5.82 Å². The number of aliphatic hydroxyl groups excluding tert-OH is 1. The first-order valence-corrected chi connectivity index (χ1v) is 14.4. The van der Waals surface area contributed by atoms with E-state index in [-0.39, 0.29) is 23.3 Å². The molecule has 2 aliphatic carbocycles. The van der Waals surface area contributed by atoms with Crippen molar-refractivity contribution < 1.29 is 9.90 Å². The normalized spacial score (nSPS) is 29.8. The van der Waals surface area contributed by atoms with Gasteiger partial charge in [0.05, 0.1) is 6.10 Å². The second-order valence-electron chi connectivity index (χ2n) is 13.1. The van der Waals surface area contributed by atoms with E-state index in [1.807, 2.05) is 0 Å². The largest absolute Gasteiger partial charge is 0.393 e. The highest BCUT2D eigenvalue weighted by atomic mass is 16.3. The minimum absolute atomic E-state index is 0.0658. The lowest BCUT2D eigenvalue weighted by Crippen LogP contribution is -2.53. The maximum atomic E-state index is 12.5. The summed E-state index contributed by atoms with van der Waals surface area (Å²) in [6, 6.07) is 2.98. The molecule has 1 aliphatic heterocycles. The van der Waals surface area contributed by atoms with Crippen molar-refractivity contribution in [2.75, 3.05) is 31.1 Å². The Kier molecular flexibility index (Phi) is 8.60. The maximum absolute atomic E-state index is 12.5. The van der Waals surface area contributed by atoms with Gasteiger partial charge in [0.15, 0.2) is 0 Å². The third kappa shape index (κ3) is 6.77. The van der Waals surface area contributed by atoms with E-state index >= 15 is 0 Å². The lowest BCUT2D eigenvalue weighted by molar-refractivity contribution is -0.128. The summed E-state index contributed by atoms with van der Waals surface area (Å²) in [5, 5.41) is 12.9. The van der Waals surface area contributed by atoms with E-state index in [0.717, 1.165) is 88.0 Å². The van der Waals surface area contributed by atoms with E-state index in [0.29, 0.717) is 18.0 Å². The summed E-state index contributed by atoms with van der Waals surface area (Å²) in [6.07, 6.45) is 6.45. The average molecular weight is 500 g/mol. The van der Waals surface area contributed by atoms with Gasteiger partial charge in [-0.25, -0.2) is 9.97 Å². The van der Waals surface area contributed by atoms with Gasteiger partial charge in [0.1, 0.15) is 11.6 Å². The van der Waals surface area contributed by atoms with E-state index in [4.69, 9.17) is 9.97 Å². The molecule has 1 aromatic heterocycles. The predicted octanol–water partition coefficient (Wildman–Crippen LogP) is 4.24. The molecule has 3 aliphatic rings. The molecule has 0 unspecified atom stereocenters. The van der Waals surface area contributed by atoms with Gasteiger partial charge in [-0.15, -0.1) is 0 Å². The molecule has 0 bridgehead atoms. The van der Waals surface area contributed by atoms with Crippen LogP contribution in [0.3, 0.4) is 0 Å². The van der Waals surface area contributed by atoms with Crippen LogP contribution < -0.4 is 10.2 Å². The summed E-state index contributed by atoms with van der Waals surface area (Å²) >= 11 is 0. The molecule has 7 nitrogen and oxygen atoms in total. The van der Waals surface area contributed by atoms with Gasteiger partial charge < -0.3 is 15.3 Å². The number of hydrogen-bond donors (Lipinski definition) is 2. The molecular weight excluding hydrogens is 450 g/mol. The first-order valence-electron chi connectivity index (χ1n) is 14.4. The quantitative estimate of drug-likeness (QED) is 0.584. The molecule has 1 saturated heterocycles. The smallest absolute Gasteiger partial charge is 0.223 e. The monoisotopic (exact) mass is 499 g/mol. The number of nitrogens with one attached hydrogen (secondary N) is 1. The number of hydrogen-bond acceptors (Lipinski definition) is 6. The molecule has 202 valence electrons. The highest BCUT2D eigenvalue weighted by Crippen LogP contribution is 2.33. The minimum atomic E-state index is -0.203. The van der Waals surface area contributed by atoms with Gasteiger partial charge >= 0.3 is 0 Å². The summed E-state index contributed by atoms with van der Waals surface area (Å²) in [5.74, 6) is 3.45. The molecule has 0 aromatic carbocycles. The number of piperazine rings is 1. The number of aromatic nitrogens is 2. The van der Waals surface area contributed by atoms with Gasteiger partial charge in [-0.2, -0.15) is 0 Å². The van der Waals surface area contributed by atoms with Crippen LogP contribution in [0.1, 0.15) is 104 Å². The molecule has 1 atom stereocenters. The fraction of sp³-hybridized carbons (Fsp3) is 0.828. The van der Waals surface area contributed by atoms with E-state index in [1.54, 1.807) is 0 Å². The fourth-order valence-electron chi connectivity index (χ4n) is 5.92. The van der Waals surface area contributed by atoms with Crippen LogP contribution in [0, 0.1) is 11.8 Å². The summed E-state index contributed by atoms with van der Waals surface area (Å²) < 4.78 is 0. The zero-order valence-electron chi connectivity index (χ0n) is 23.5. The van der Waals surface area contributed by atoms with Crippen LogP contribution in [-0.4, -0.2) is 70.2 Å². The highest BCUT2D eigenvalue weighted by molar-refractivity contribution is 5.79. The Morgan fingerprint density at radius 2 is 1.83 bits per heavy atom. The SMILES string of the molecule is CC(C)c1cc(N2CCN(CCC3CC(NC(=O)[C@H]4CC[C@H](O)CC4)C3)C[C@@H]2C)nc(C(C)(C)C)n1. The Hall–Kier alpha value is -1.73. The van der Waals surface area contributed by atoms with Crippen molar-refractivity contribution in [3.05, 3.63) is 17.6 Å². The summed E-state index contributed by atoms with van der Waals surface area (Å²) in [6.45, 7) is 17.6. The standard InChI is InChI=1S/C29H49N5O2/c1-19(2)25-17-26(32-28(31-25)29(4,5)6)34-14-13-33(18-20(34)3)12-11-21-15-23(16-21)30-27(36)22-7-9-24(35)10-8-22/h17,19-24,35H,7-16,18H2,1-6H3,(H,30,36)/t20-,21?,22-,23?,24-/m0/s1. The molecule has 0 spiro atoms. The lowest BCUT2D eigenvalue weighted by atomic mass is 9.77. The second kappa shape index (κ2) is 11.3. The van der Waals surface area contributed by atoms with E-state index in [9.17, 15) is 9.90 Å². The lowest BCUT2D eigenvalue weighted by Gasteiger charge is -2.42. The zero-order valence-corrected chi connectivity index (χ0v) is 23.5. The number of anilines is 1. The van der Waals surface area contributed by atoms with Crippen molar-refractivity contribution in [2.24, 2.45) is 11.8 Å². The van der Waals surface area contributed by atoms with Crippen molar-refractivity contribution in [3.63, 3.8) is 0 Å². The number of aliphatic hydroxyl groups is 1. The fourth-order valence-corrected chi connectivity index (χ4v) is 5.92. The maximum Gasteiger partial charge on any atom is 0.223 e. The number of carbonyl (C=O) groups is 1. The molecule has 1 aromatic rings. The molecule has 2 heterocycles. The Bertz CT molecular complexity index is 884. The third-order valence-electron chi connectivity index (χ3n) is 8.50. The molecule has 3 fully saturated rings. The van der Waals surface area contributed by atoms with Gasteiger partial charge in [0.2, 0.25) is 5.91 Å². The summed E-state index contributed by atoms with van der Waals surface area (Å²) in [7, 11) is 0. The predicted molar refractivity (Wildman–Crippen MR) is 145 cm³/mol. The molecule has 7 heteroatoms. The average Bonchev–Trinajstić information content (AvgIpc) is 2.79. The molecule has 2 saturated carbocycles. The topological polar surface area (TPSA) is 81.6 Å². The van der Waals surface area contributed by atoms with E-state index in [1.165, 1.54) is 6.42 Å². The zero-order chi connectivity index (χ0) is 26.0. The molecule has 0 radical (unpaired) electrons. The van der Waals surface area contributed by atoms with Crippen molar-refractivity contribution in [1.29, 1.82) is 0 Å². The molecule has 36 heavy (non-hydrogen) atoms. The number of rotatable bonds is 7. The van der Waals surface area contributed by atoms with Crippen LogP contribution in [0.2, 0.25) is 0 Å². The van der Waals surface area contributed by atoms with Crippen LogP contribution >= 0.6 is 0 Å². The van der Waals surface area contributed by atoms with E-state index in [2.05, 4.69) is 62.7 Å². The van der Waals surface area contributed by atoms with Crippen LogP contribution in [-0.2, 0) is 10.2 Å². The van der Waals surface area contributed by atoms with Gasteiger partial charge in [0.25, 0.3) is 0 Å². The van der Waals surface area contributed by atoms with Crippen molar-refractivity contribution in [2.45, 2.75) is 116 Å². The number of carbonyl (C=O) groups excluding carboxylic acids is 1. The minimum Gasteiger partial charge on any atom is -0.393 e.